The molecule has 0 radical (unpaired) electrons. The van der Waals surface area contributed by atoms with Gasteiger partial charge < -0.3 is 20.3 Å². The molecule has 1 aromatic carbocycles. The lowest BCUT2D eigenvalue weighted by Gasteiger charge is -2.07. The van der Waals surface area contributed by atoms with Gasteiger partial charge in [-0.1, -0.05) is 15.9 Å². The Morgan fingerprint density at radius 3 is 2.55 bits per heavy atom. The molecule has 0 aliphatic rings. The molecule has 116 valence electrons. The third kappa shape index (κ3) is 4.32. The predicted molar refractivity (Wildman–Crippen MR) is 83.3 cm³/mol. The number of fused-ring (bicyclic) bond motifs is 1. The fourth-order valence-corrected chi connectivity index (χ4v) is 2.31. The van der Waals surface area contributed by atoms with Gasteiger partial charge in [0.15, 0.2) is 0 Å². The maximum Gasteiger partial charge on any atom is 0.322 e. The van der Waals surface area contributed by atoms with Crippen LogP contribution < -0.4 is 10.6 Å². The second-order valence-electron chi connectivity index (χ2n) is 4.59. The molecule has 1 aromatic heterocycles. The Morgan fingerprint density at radius 1 is 1.09 bits per heavy atom. The molecule has 0 atom stereocenters. The molecule has 8 heteroatoms. The number of amides is 2. The summed E-state index contributed by atoms with van der Waals surface area (Å²) < 4.78 is 2.73. The highest BCUT2D eigenvalue weighted by Crippen LogP contribution is 2.20. The van der Waals surface area contributed by atoms with Gasteiger partial charge in [0.2, 0.25) is 11.8 Å². The van der Waals surface area contributed by atoms with E-state index in [0.717, 1.165) is 15.4 Å². The van der Waals surface area contributed by atoms with E-state index in [4.69, 9.17) is 5.11 Å². The van der Waals surface area contributed by atoms with Crippen molar-refractivity contribution in [3.05, 3.63) is 34.9 Å². The fourth-order valence-electron chi connectivity index (χ4n) is 1.94. The van der Waals surface area contributed by atoms with Crippen LogP contribution in [0.15, 0.2) is 34.9 Å². The topological polar surface area (TPSA) is 100 Å². The Bertz CT molecular complexity index is 726. The van der Waals surface area contributed by atoms with Crippen LogP contribution >= 0.6 is 15.9 Å². The minimum atomic E-state index is -1.13. The van der Waals surface area contributed by atoms with Gasteiger partial charge in [0.05, 0.1) is 6.54 Å². The van der Waals surface area contributed by atoms with Crippen molar-refractivity contribution in [1.29, 1.82) is 0 Å². The van der Waals surface area contributed by atoms with E-state index in [1.807, 2.05) is 24.3 Å². The standard InChI is InChI=1S/C14H14BrN3O4/c15-10-1-2-11-9(5-10)3-4-18(11)8-13(20)16-6-12(19)17-7-14(21)22/h1-5H,6-8H2,(H,16,20)(H,17,19)(H,21,22). The maximum atomic E-state index is 11.8. The van der Waals surface area contributed by atoms with Gasteiger partial charge in [-0.05, 0) is 24.3 Å². The molecule has 2 amide bonds. The zero-order chi connectivity index (χ0) is 16.1. The summed E-state index contributed by atoms with van der Waals surface area (Å²) in [5, 5.41) is 14.0. The quantitative estimate of drug-likeness (QED) is 0.700. The summed E-state index contributed by atoms with van der Waals surface area (Å²) in [5.41, 5.74) is 0.911. The van der Waals surface area contributed by atoms with Gasteiger partial charge in [-0.25, -0.2) is 0 Å². The van der Waals surface area contributed by atoms with Crippen molar-refractivity contribution in [1.82, 2.24) is 15.2 Å². The Balaban J connectivity index is 1.88. The number of aliphatic carboxylic acids is 1. The number of carbonyl (C=O) groups excluding carboxylic acids is 2. The van der Waals surface area contributed by atoms with Gasteiger partial charge in [0.1, 0.15) is 13.1 Å². The molecular weight excluding hydrogens is 354 g/mol. The lowest BCUT2D eigenvalue weighted by Crippen LogP contribution is -2.40. The average molecular weight is 368 g/mol. The Labute approximate surface area is 134 Å². The number of halogens is 1. The summed E-state index contributed by atoms with van der Waals surface area (Å²) in [7, 11) is 0. The van der Waals surface area contributed by atoms with Crippen molar-refractivity contribution in [3.8, 4) is 0 Å². The van der Waals surface area contributed by atoms with E-state index < -0.39 is 18.4 Å². The van der Waals surface area contributed by atoms with E-state index in [1.165, 1.54) is 0 Å². The van der Waals surface area contributed by atoms with Crippen LogP contribution in [0.3, 0.4) is 0 Å². The number of carboxylic acid groups (broad SMARTS) is 1. The van der Waals surface area contributed by atoms with Crippen LogP contribution in [0, 0.1) is 0 Å². The molecule has 3 N–H and O–H groups in total. The summed E-state index contributed by atoms with van der Waals surface area (Å²) in [4.78, 5) is 33.4. The number of nitrogens with zero attached hydrogens (tertiary/aromatic N) is 1. The molecule has 0 saturated heterocycles. The lowest BCUT2D eigenvalue weighted by molar-refractivity contribution is -0.137. The molecule has 1 heterocycles. The van der Waals surface area contributed by atoms with Crippen LogP contribution in [-0.2, 0) is 20.9 Å². The van der Waals surface area contributed by atoms with Crippen LogP contribution in [0.5, 0.6) is 0 Å². The third-order valence-corrected chi connectivity index (χ3v) is 3.42. The number of aromatic nitrogens is 1. The molecule has 22 heavy (non-hydrogen) atoms. The zero-order valence-corrected chi connectivity index (χ0v) is 13.1. The molecule has 2 aromatic rings. The van der Waals surface area contributed by atoms with E-state index >= 15 is 0 Å². The van der Waals surface area contributed by atoms with Crippen LogP contribution in [0.4, 0.5) is 0 Å². The minimum absolute atomic E-state index is 0.0807. The number of rotatable bonds is 6. The number of carbonyl (C=O) groups is 3. The number of carboxylic acids is 1. The molecule has 0 saturated carbocycles. The fraction of sp³-hybridized carbons (Fsp3) is 0.214. The van der Waals surface area contributed by atoms with Gasteiger partial charge in [-0.2, -0.15) is 0 Å². The molecule has 0 aliphatic heterocycles. The van der Waals surface area contributed by atoms with Crippen LogP contribution in [0.1, 0.15) is 0 Å². The highest BCUT2D eigenvalue weighted by Gasteiger charge is 2.09. The monoisotopic (exact) mass is 367 g/mol. The van der Waals surface area contributed by atoms with Gasteiger partial charge in [-0.3, -0.25) is 14.4 Å². The zero-order valence-electron chi connectivity index (χ0n) is 11.5. The lowest BCUT2D eigenvalue weighted by atomic mass is 10.2. The first-order valence-corrected chi connectivity index (χ1v) is 7.24. The molecule has 0 unspecified atom stereocenters. The van der Waals surface area contributed by atoms with E-state index in [0.29, 0.717) is 0 Å². The van der Waals surface area contributed by atoms with Gasteiger partial charge in [0.25, 0.3) is 0 Å². The first kappa shape index (κ1) is 16.0. The summed E-state index contributed by atoms with van der Waals surface area (Å²) in [6.07, 6.45) is 1.79. The smallest absolute Gasteiger partial charge is 0.322 e. The van der Waals surface area contributed by atoms with Gasteiger partial charge in [-0.15, -0.1) is 0 Å². The van der Waals surface area contributed by atoms with Crippen molar-refractivity contribution >= 4 is 44.6 Å². The second-order valence-corrected chi connectivity index (χ2v) is 5.51. The van der Waals surface area contributed by atoms with E-state index in [1.54, 1.807) is 10.8 Å². The number of benzene rings is 1. The molecule has 7 nitrogen and oxygen atoms in total. The van der Waals surface area contributed by atoms with Crippen molar-refractivity contribution in [3.63, 3.8) is 0 Å². The van der Waals surface area contributed by atoms with Crippen LogP contribution in [0.25, 0.3) is 10.9 Å². The molecule has 0 spiro atoms. The maximum absolute atomic E-state index is 11.8. The Kier molecular flexibility index (Phi) is 5.16. The van der Waals surface area contributed by atoms with Crippen molar-refractivity contribution in [2.45, 2.75) is 6.54 Å². The number of nitrogens with one attached hydrogen (secondary N) is 2. The molecule has 2 rings (SSSR count). The normalized spacial score (nSPS) is 10.4. The number of hydrogen-bond donors (Lipinski definition) is 3. The van der Waals surface area contributed by atoms with Crippen molar-refractivity contribution in [2.75, 3.05) is 13.1 Å². The summed E-state index contributed by atoms with van der Waals surface area (Å²) >= 11 is 3.38. The molecule has 0 fully saturated rings. The van der Waals surface area contributed by atoms with Gasteiger partial charge >= 0.3 is 5.97 Å². The molecular formula is C14H14BrN3O4. The minimum Gasteiger partial charge on any atom is -0.480 e. The first-order valence-electron chi connectivity index (χ1n) is 6.45. The Morgan fingerprint density at radius 2 is 1.82 bits per heavy atom. The van der Waals surface area contributed by atoms with Crippen LogP contribution in [-0.4, -0.2) is 40.5 Å². The molecule has 0 aliphatic carbocycles. The second kappa shape index (κ2) is 7.08. The first-order chi connectivity index (χ1) is 10.5. The predicted octanol–water partition coefficient (Wildman–Crippen LogP) is 0.721. The SMILES string of the molecule is O=C(O)CNC(=O)CNC(=O)Cn1ccc2cc(Br)ccc21. The van der Waals surface area contributed by atoms with E-state index in [9.17, 15) is 14.4 Å². The Hall–Kier alpha value is -2.35. The summed E-state index contributed by atoms with van der Waals surface area (Å²) in [6.45, 7) is -0.639. The molecule has 0 bridgehead atoms. The highest BCUT2D eigenvalue weighted by atomic mass is 79.9. The summed E-state index contributed by atoms with van der Waals surface area (Å²) in [5.74, 6) is -2.01. The van der Waals surface area contributed by atoms with Crippen LogP contribution in [0.2, 0.25) is 0 Å². The van der Waals surface area contributed by atoms with Crippen molar-refractivity contribution < 1.29 is 19.5 Å². The largest absolute Gasteiger partial charge is 0.480 e. The van der Waals surface area contributed by atoms with E-state index in [-0.39, 0.29) is 19.0 Å². The summed E-state index contributed by atoms with van der Waals surface area (Å²) in [6, 6.07) is 7.62. The van der Waals surface area contributed by atoms with E-state index in [2.05, 4.69) is 26.6 Å². The average Bonchev–Trinajstić information content (AvgIpc) is 2.85. The van der Waals surface area contributed by atoms with Gasteiger partial charge in [0, 0.05) is 21.6 Å². The highest BCUT2D eigenvalue weighted by molar-refractivity contribution is 9.10. The number of hydrogen-bond acceptors (Lipinski definition) is 3. The third-order valence-electron chi connectivity index (χ3n) is 2.93. The van der Waals surface area contributed by atoms with Crippen molar-refractivity contribution in [2.24, 2.45) is 0 Å².